The van der Waals surface area contributed by atoms with Gasteiger partial charge in [0.25, 0.3) is 5.91 Å². The molecule has 1 aromatic rings. The van der Waals surface area contributed by atoms with Gasteiger partial charge in [-0.3, -0.25) is 4.79 Å². The van der Waals surface area contributed by atoms with E-state index in [1.54, 1.807) is 7.11 Å². The molecule has 0 radical (unpaired) electrons. The van der Waals surface area contributed by atoms with Crippen LogP contribution >= 0.6 is 0 Å². The van der Waals surface area contributed by atoms with Crippen LogP contribution in [0.2, 0.25) is 0 Å². The number of benzene rings is 1. The van der Waals surface area contributed by atoms with Gasteiger partial charge < -0.3 is 25.6 Å². The van der Waals surface area contributed by atoms with Crippen molar-refractivity contribution in [3.05, 3.63) is 29.8 Å². The highest BCUT2D eigenvalue weighted by molar-refractivity contribution is 5.94. The molecule has 38 heavy (non-hydrogen) atoms. The molecule has 2 aliphatic carbocycles. The van der Waals surface area contributed by atoms with Crippen molar-refractivity contribution in [1.82, 2.24) is 15.1 Å². The van der Waals surface area contributed by atoms with Gasteiger partial charge in [-0.05, 0) is 114 Å². The van der Waals surface area contributed by atoms with E-state index >= 15 is 0 Å². The third-order valence-electron chi connectivity index (χ3n) is 9.43. The minimum atomic E-state index is 0.0493. The molecule has 214 valence electrons. The molecule has 2 saturated heterocycles. The highest BCUT2D eigenvalue weighted by atomic mass is 16.5. The normalized spacial score (nSPS) is 29.1. The largest absolute Gasteiger partial charge is 0.497 e. The van der Waals surface area contributed by atoms with E-state index in [4.69, 9.17) is 10.5 Å². The minimum absolute atomic E-state index is 0.0493. The molecule has 0 spiro atoms. The van der Waals surface area contributed by atoms with Crippen molar-refractivity contribution in [2.75, 3.05) is 46.4 Å². The first kappa shape index (κ1) is 29.4. The second-order valence-electron chi connectivity index (χ2n) is 12.3. The summed E-state index contributed by atoms with van der Waals surface area (Å²) in [6.45, 7) is 7.53. The highest BCUT2D eigenvalue weighted by Gasteiger charge is 2.29. The molecule has 5 rings (SSSR count). The number of nitrogens with zero attached hydrogens (tertiary/aromatic N) is 2. The number of amides is 1. The number of nitrogens with one attached hydrogen (secondary N) is 1. The van der Waals surface area contributed by atoms with Crippen molar-refractivity contribution in [3.63, 3.8) is 0 Å². The number of hydrogen-bond acceptors (Lipinski definition) is 5. The predicted molar refractivity (Wildman–Crippen MR) is 157 cm³/mol. The average molecular weight is 527 g/mol. The molecule has 0 bridgehead atoms. The lowest BCUT2D eigenvalue weighted by molar-refractivity contribution is 0.0877. The molecule has 1 amide bonds. The fourth-order valence-electron chi connectivity index (χ4n) is 7.02. The fraction of sp³-hybridized carbons (Fsp3) is 0.781. The molecule has 2 saturated carbocycles. The van der Waals surface area contributed by atoms with Crippen molar-refractivity contribution >= 4 is 5.91 Å². The fourth-order valence-corrected chi connectivity index (χ4v) is 7.02. The van der Waals surface area contributed by atoms with Crippen molar-refractivity contribution in [2.45, 2.75) is 102 Å². The van der Waals surface area contributed by atoms with Gasteiger partial charge in [-0.25, -0.2) is 0 Å². The van der Waals surface area contributed by atoms with Crippen LogP contribution in [0, 0.1) is 11.8 Å². The Balaban J connectivity index is 0.000000204. The Morgan fingerprint density at radius 2 is 1.29 bits per heavy atom. The van der Waals surface area contributed by atoms with Crippen LogP contribution in [-0.2, 0) is 0 Å². The molecular weight excluding hydrogens is 472 g/mol. The highest BCUT2D eigenvalue weighted by Crippen LogP contribution is 2.27. The minimum Gasteiger partial charge on any atom is -0.497 e. The number of carbonyl (C=O) groups is 1. The molecule has 2 heterocycles. The second kappa shape index (κ2) is 15.8. The van der Waals surface area contributed by atoms with Crippen molar-refractivity contribution in [2.24, 2.45) is 17.6 Å². The molecule has 2 aliphatic heterocycles. The van der Waals surface area contributed by atoms with E-state index in [9.17, 15) is 4.79 Å². The Labute approximate surface area is 232 Å². The zero-order valence-corrected chi connectivity index (χ0v) is 24.0. The van der Waals surface area contributed by atoms with E-state index in [1.165, 1.54) is 116 Å². The first-order valence-corrected chi connectivity index (χ1v) is 15.8. The molecule has 6 nitrogen and oxygen atoms in total. The van der Waals surface area contributed by atoms with E-state index in [-0.39, 0.29) is 5.91 Å². The summed E-state index contributed by atoms with van der Waals surface area (Å²) in [6.07, 6.45) is 18.6. The molecular formula is C32H54N4O2. The van der Waals surface area contributed by atoms with Gasteiger partial charge in [0.2, 0.25) is 0 Å². The lowest BCUT2D eigenvalue weighted by Gasteiger charge is -2.37. The van der Waals surface area contributed by atoms with Crippen LogP contribution in [0.25, 0.3) is 0 Å². The van der Waals surface area contributed by atoms with E-state index in [1.807, 2.05) is 24.3 Å². The number of carbonyl (C=O) groups excluding carboxylic acids is 1. The summed E-state index contributed by atoms with van der Waals surface area (Å²) in [7, 11) is 1.64. The Kier molecular flexibility index (Phi) is 12.2. The van der Waals surface area contributed by atoms with Crippen molar-refractivity contribution in [1.29, 1.82) is 0 Å². The van der Waals surface area contributed by atoms with Crippen LogP contribution in [0.15, 0.2) is 24.3 Å². The summed E-state index contributed by atoms with van der Waals surface area (Å²) in [5, 5.41) is 3.31. The zero-order valence-electron chi connectivity index (χ0n) is 24.0. The van der Waals surface area contributed by atoms with Gasteiger partial charge in [-0.2, -0.15) is 0 Å². The summed E-state index contributed by atoms with van der Waals surface area (Å²) in [4.78, 5) is 17.8. The van der Waals surface area contributed by atoms with Gasteiger partial charge in [-0.15, -0.1) is 0 Å². The summed E-state index contributed by atoms with van der Waals surface area (Å²) in [5.74, 6) is 2.22. The lowest BCUT2D eigenvalue weighted by atomic mass is 9.83. The van der Waals surface area contributed by atoms with E-state index in [0.29, 0.717) is 18.0 Å². The van der Waals surface area contributed by atoms with E-state index < -0.39 is 0 Å². The quantitative estimate of drug-likeness (QED) is 0.494. The van der Waals surface area contributed by atoms with Crippen LogP contribution in [0.4, 0.5) is 0 Å². The maximum absolute atomic E-state index is 12.6. The SMILES string of the molecule is COc1ccc(C(=O)N[C@@H]2CCCC[C@H]2CN2CCCCC2)cc1.N[C@@H]1CCCC[C@H]1CN1CCCCC1. The van der Waals surface area contributed by atoms with Crippen LogP contribution in [0.5, 0.6) is 5.75 Å². The predicted octanol–water partition coefficient (Wildman–Crippen LogP) is 5.46. The van der Waals surface area contributed by atoms with E-state index in [2.05, 4.69) is 15.1 Å². The van der Waals surface area contributed by atoms with Gasteiger partial charge in [0.05, 0.1) is 7.11 Å². The van der Waals surface area contributed by atoms with Crippen molar-refractivity contribution < 1.29 is 9.53 Å². The maximum Gasteiger partial charge on any atom is 0.251 e. The molecule has 0 unspecified atom stereocenters. The third kappa shape index (κ3) is 9.24. The first-order chi connectivity index (χ1) is 18.6. The summed E-state index contributed by atoms with van der Waals surface area (Å²) >= 11 is 0. The van der Waals surface area contributed by atoms with Crippen LogP contribution in [0.3, 0.4) is 0 Å². The Hall–Kier alpha value is -1.63. The summed E-state index contributed by atoms with van der Waals surface area (Å²) < 4.78 is 5.16. The molecule has 4 atom stereocenters. The molecule has 4 aliphatic rings. The number of methoxy groups -OCH3 is 1. The van der Waals surface area contributed by atoms with Crippen LogP contribution in [0.1, 0.15) is 100 Å². The van der Waals surface area contributed by atoms with Gasteiger partial charge in [0, 0.05) is 30.7 Å². The standard InChI is InChI=1S/C20H30N2O2.C12H24N2/c1-24-18-11-9-16(10-12-18)20(23)21-19-8-4-3-7-17(19)15-22-13-5-2-6-14-22;13-12-7-3-2-6-11(12)10-14-8-4-1-5-9-14/h9-12,17,19H,2-8,13-15H2,1H3,(H,21,23);11-12H,1-10,13H2/t17-,19+;11-,12+/m00/s1. The van der Waals surface area contributed by atoms with Crippen LogP contribution in [-0.4, -0.2) is 74.2 Å². The number of piperidine rings is 2. The first-order valence-electron chi connectivity index (χ1n) is 15.8. The number of likely N-dealkylation sites (tertiary alicyclic amines) is 2. The molecule has 3 N–H and O–H groups in total. The number of nitrogens with two attached hydrogens (primary N) is 1. The van der Waals surface area contributed by atoms with Crippen molar-refractivity contribution in [3.8, 4) is 5.75 Å². The Morgan fingerprint density at radius 1 is 0.763 bits per heavy atom. The number of hydrogen-bond donors (Lipinski definition) is 2. The number of ether oxygens (including phenoxy) is 1. The molecule has 6 heteroatoms. The average Bonchev–Trinajstić information content (AvgIpc) is 2.97. The summed E-state index contributed by atoms with van der Waals surface area (Å²) in [5.41, 5.74) is 6.89. The Bertz CT molecular complexity index is 804. The second-order valence-corrected chi connectivity index (χ2v) is 12.3. The summed E-state index contributed by atoms with van der Waals surface area (Å²) in [6, 6.07) is 8.19. The van der Waals surface area contributed by atoms with Gasteiger partial charge in [0.15, 0.2) is 0 Å². The zero-order chi connectivity index (χ0) is 26.6. The molecule has 4 fully saturated rings. The maximum atomic E-state index is 12.6. The lowest BCUT2D eigenvalue weighted by Crippen LogP contribution is -2.47. The smallest absolute Gasteiger partial charge is 0.251 e. The number of rotatable bonds is 7. The topological polar surface area (TPSA) is 70.8 Å². The molecule has 0 aromatic heterocycles. The monoisotopic (exact) mass is 526 g/mol. The van der Waals surface area contributed by atoms with Gasteiger partial charge in [0.1, 0.15) is 5.75 Å². The Morgan fingerprint density at radius 3 is 1.87 bits per heavy atom. The van der Waals surface area contributed by atoms with E-state index in [0.717, 1.165) is 30.2 Å². The molecule has 1 aromatic carbocycles. The van der Waals surface area contributed by atoms with Gasteiger partial charge >= 0.3 is 0 Å². The van der Waals surface area contributed by atoms with Gasteiger partial charge in [-0.1, -0.05) is 38.5 Å². The third-order valence-corrected chi connectivity index (χ3v) is 9.43. The van der Waals surface area contributed by atoms with Crippen LogP contribution < -0.4 is 15.8 Å².